The lowest BCUT2D eigenvalue weighted by atomic mass is 9.85. The van der Waals surface area contributed by atoms with Gasteiger partial charge in [-0.15, -0.1) is 0 Å². The molecule has 3 atom stereocenters. The maximum absolute atomic E-state index is 12.2. The number of rotatable bonds is 7. The minimum atomic E-state index is -0.466. The van der Waals surface area contributed by atoms with E-state index >= 15 is 0 Å². The van der Waals surface area contributed by atoms with Gasteiger partial charge in [-0.05, 0) is 50.3 Å². The first-order valence-corrected chi connectivity index (χ1v) is 10.3. The first-order valence-electron chi connectivity index (χ1n) is 9.92. The highest BCUT2D eigenvalue weighted by molar-refractivity contribution is 6.30. The van der Waals surface area contributed by atoms with Crippen molar-refractivity contribution in [3.63, 3.8) is 0 Å². The van der Waals surface area contributed by atoms with Gasteiger partial charge in [-0.3, -0.25) is 4.79 Å². The second kappa shape index (κ2) is 10.1. The van der Waals surface area contributed by atoms with Crippen LogP contribution in [0.5, 0.6) is 0 Å². The van der Waals surface area contributed by atoms with Gasteiger partial charge in [-0.25, -0.2) is 4.79 Å². The highest BCUT2D eigenvalue weighted by Crippen LogP contribution is 2.26. The molecule has 8 heteroatoms. The number of benzene rings is 1. The van der Waals surface area contributed by atoms with Crippen molar-refractivity contribution in [2.45, 2.75) is 56.8 Å². The van der Waals surface area contributed by atoms with Gasteiger partial charge in [-0.2, -0.15) is 0 Å². The number of halogens is 1. The van der Waals surface area contributed by atoms with Crippen LogP contribution in [-0.4, -0.2) is 48.4 Å². The Morgan fingerprint density at radius 3 is 2.71 bits per heavy atom. The van der Waals surface area contributed by atoms with E-state index in [9.17, 15) is 14.7 Å². The summed E-state index contributed by atoms with van der Waals surface area (Å²) >= 11 is 5.92. The number of aliphatic hydroxyl groups excluding tert-OH is 1. The van der Waals surface area contributed by atoms with Crippen LogP contribution in [0, 0.1) is 5.92 Å². The fourth-order valence-corrected chi connectivity index (χ4v) is 3.77. The Morgan fingerprint density at radius 1 is 1.21 bits per heavy atom. The third-order valence-electron chi connectivity index (χ3n) is 5.44. The molecule has 1 aliphatic carbocycles. The molecule has 1 saturated heterocycles. The number of anilines is 1. The van der Waals surface area contributed by atoms with Crippen LogP contribution in [0.3, 0.4) is 0 Å². The van der Waals surface area contributed by atoms with Crippen molar-refractivity contribution in [1.29, 1.82) is 0 Å². The molecule has 0 aromatic heterocycles. The largest absolute Gasteiger partial charge is 0.394 e. The van der Waals surface area contributed by atoms with Crippen LogP contribution in [-0.2, 0) is 9.53 Å². The lowest BCUT2D eigenvalue weighted by molar-refractivity contribution is -0.127. The Hall–Kier alpha value is -1.83. The molecule has 154 valence electrons. The molecule has 0 spiro atoms. The van der Waals surface area contributed by atoms with E-state index in [0.717, 1.165) is 25.7 Å². The average molecular weight is 410 g/mol. The zero-order valence-corrected chi connectivity index (χ0v) is 16.6. The average Bonchev–Trinajstić information content (AvgIpc) is 2.61. The third-order valence-corrected chi connectivity index (χ3v) is 5.67. The third kappa shape index (κ3) is 5.83. The molecule has 3 rings (SSSR count). The molecule has 1 aromatic carbocycles. The van der Waals surface area contributed by atoms with E-state index in [2.05, 4.69) is 16.0 Å². The van der Waals surface area contributed by atoms with Gasteiger partial charge in [0.15, 0.2) is 0 Å². The molecule has 3 amide bonds. The van der Waals surface area contributed by atoms with Gasteiger partial charge >= 0.3 is 6.03 Å². The van der Waals surface area contributed by atoms with Crippen molar-refractivity contribution in [1.82, 2.24) is 10.6 Å². The van der Waals surface area contributed by atoms with E-state index in [1.807, 2.05) is 0 Å². The zero-order valence-electron chi connectivity index (χ0n) is 15.8. The standard InChI is InChI=1S/C20H28ClN3O4/c21-14-5-2-6-15(11-14)23-20(27)24-17-8-7-16(28-18(17)12-25)9-10-22-19(26)13-3-1-4-13/h2,5-6,11,13,16-18,25H,1,3-4,7-10,12H2,(H,22,26)(H2,23,24,27)/t16-,17+,18+/m0/s1. The van der Waals surface area contributed by atoms with Crippen LogP contribution < -0.4 is 16.0 Å². The van der Waals surface area contributed by atoms with Crippen molar-refractivity contribution in [3.05, 3.63) is 29.3 Å². The Balaban J connectivity index is 1.40. The summed E-state index contributed by atoms with van der Waals surface area (Å²) in [7, 11) is 0. The molecule has 1 saturated carbocycles. The molecule has 1 aliphatic heterocycles. The van der Waals surface area contributed by atoms with E-state index in [0.29, 0.717) is 30.1 Å². The van der Waals surface area contributed by atoms with Crippen molar-refractivity contribution in [2.75, 3.05) is 18.5 Å². The summed E-state index contributed by atoms with van der Waals surface area (Å²) in [5.41, 5.74) is 0.599. The minimum Gasteiger partial charge on any atom is -0.394 e. The molecule has 2 fully saturated rings. The molecule has 2 aliphatic rings. The fourth-order valence-electron chi connectivity index (χ4n) is 3.58. The highest BCUT2D eigenvalue weighted by Gasteiger charge is 2.32. The highest BCUT2D eigenvalue weighted by atomic mass is 35.5. The number of ether oxygens (including phenoxy) is 1. The predicted molar refractivity (Wildman–Crippen MR) is 107 cm³/mol. The molecule has 0 unspecified atom stereocenters. The van der Waals surface area contributed by atoms with Gasteiger partial charge in [0.05, 0.1) is 18.8 Å². The molecule has 7 nitrogen and oxygen atoms in total. The SMILES string of the molecule is O=C(Nc1cccc(Cl)c1)N[C@@H]1CC[C@@H](CCNC(=O)C2CCC2)O[C@@H]1CO. The Kier molecular flexibility index (Phi) is 7.53. The monoisotopic (exact) mass is 409 g/mol. The zero-order chi connectivity index (χ0) is 19.9. The first-order chi connectivity index (χ1) is 13.5. The second-order valence-corrected chi connectivity index (χ2v) is 7.92. The quantitative estimate of drug-likeness (QED) is 0.556. The number of hydrogen-bond acceptors (Lipinski definition) is 4. The number of amides is 3. The van der Waals surface area contributed by atoms with E-state index in [1.165, 1.54) is 0 Å². The molecule has 1 heterocycles. The van der Waals surface area contributed by atoms with Crippen LogP contribution >= 0.6 is 11.6 Å². The van der Waals surface area contributed by atoms with Gasteiger partial charge in [-0.1, -0.05) is 24.1 Å². The summed E-state index contributed by atoms with van der Waals surface area (Å²) in [4.78, 5) is 24.1. The Bertz CT molecular complexity index is 683. The number of urea groups is 1. The molecular weight excluding hydrogens is 382 g/mol. The summed E-state index contributed by atoms with van der Waals surface area (Å²) in [6.45, 7) is 0.401. The number of carbonyl (C=O) groups excluding carboxylic acids is 2. The van der Waals surface area contributed by atoms with Crippen LogP contribution in [0.15, 0.2) is 24.3 Å². The topological polar surface area (TPSA) is 99.7 Å². The van der Waals surface area contributed by atoms with Crippen LogP contribution in [0.4, 0.5) is 10.5 Å². The van der Waals surface area contributed by atoms with Crippen LogP contribution in [0.1, 0.15) is 38.5 Å². The number of aliphatic hydroxyl groups is 1. The maximum atomic E-state index is 12.2. The Morgan fingerprint density at radius 2 is 2.04 bits per heavy atom. The van der Waals surface area contributed by atoms with E-state index in [1.54, 1.807) is 24.3 Å². The van der Waals surface area contributed by atoms with Crippen molar-refractivity contribution < 1.29 is 19.4 Å². The number of carbonyl (C=O) groups is 2. The van der Waals surface area contributed by atoms with E-state index in [-0.39, 0.29) is 36.6 Å². The normalized spacial score (nSPS) is 24.9. The van der Waals surface area contributed by atoms with Crippen LogP contribution in [0.2, 0.25) is 5.02 Å². The lowest BCUT2D eigenvalue weighted by Gasteiger charge is -2.36. The molecule has 1 aromatic rings. The molecular formula is C20H28ClN3O4. The van der Waals surface area contributed by atoms with Crippen molar-refractivity contribution in [3.8, 4) is 0 Å². The summed E-state index contributed by atoms with van der Waals surface area (Å²) in [6.07, 6.45) is 4.79. The van der Waals surface area contributed by atoms with E-state index in [4.69, 9.17) is 16.3 Å². The summed E-state index contributed by atoms with van der Waals surface area (Å²) in [5.74, 6) is 0.321. The second-order valence-electron chi connectivity index (χ2n) is 7.48. The minimum absolute atomic E-state index is 0.0344. The summed E-state index contributed by atoms with van der Waals surface area (Å²) in [6, 6.07) is 6.27. The molecule has 28 heavy (non-hydrogen) atoms. The van der Waals surface area contributed by atoms with Gasteiger partial charge < -0.3 is 25.8 Å². The van der Waals surface area contributed by atoms with Crippen molar-refractivity contribution in [2.24, 2.45) is 5.92 Å². The van der Waals surface area contributed by atoms with E-state index < -0.39 is 6.10 Å². The molecule has 0 radical (unpaired) electrons. The van der Waals surface area contributed by atoms with Gasteiger partial charge in [0.2, 0.25) is 5.91 Å². The van der Waals surface area contributed by atoms with Gasteiger partial charge in [0, 0.05) is 23.2 Å². The summed E-state index contributed by atoms with van der Waals surface area (Å²) in [5, 5.41) is 18.8. The summed E-state index contributed by atoms with van der Waals surface area (Å²) < 4.78 is 5.94. The smallest absolute Gasteiger partial charge is 0.319 e. The number of nitrogens with one attached hydrogen (secondary N) is 3. The molecule has 4 N–H and O–H groups in total. The first kappa shape index (κ1) is 20.9. The van der Waals surface area contributed by atoms with Gasteiger partial charge in [0.25, 0.3) is 0 Å². The Labute approximate surface area is 170 Å². The van der Waals surface area contributed by atoms with Crippen LogP contribution in [0.25, 0.3) is 0 Å². The molecule has 0 bridgehead atoms. The predicted octanol–water partition coefficient (Wildman–Crippen LogP) is 2.68. The van der Waals surface area contributed by atoms with Crippen molar-refractivity contribution >= 4 is 29.2 Å². The lowest BCUT2D eigenvalue weighted by Crippen LogP contribution is -2.52. The maximum Gasteiger partial charge on any atom is 0.319 e. The van der Waals surface area contributed by atoms with Gasteiger partial charge in [0.1, 0.15) is 6.10 Å². The number of hydrogen-bond donors (Lipinski definition) is 4. The fraction of sp³-hybridized carbons (Fsp3) is 0.600.